The number of amides is 1. The van der Waals surface area contributed by atoms with Gasteiger partial charge in [-0.3, -0.25) is 4.79 Å². The van der Waals surface area contributed by atoms with E-state index in [0.29, 0.717) is 18.0 Å². The number of ether oxygens (including phenoxy) is 3. The van der Waals surface area contributed by atoms with Crippen LogP contribution in [0.3, 0.4) is 0 Å². The minimum atomic E-state index is -0.116. The van der Waals surface area contributed by atoms with Crippen molar-refractivity contribution in [1.29, 1.82) is 0 Å². The molecule has 0 aliphatic heterocycles. The van der Waals surface area contributed by atoms with Crippen molar-refractivity contribution in [2.75, 3.05) is 27.9 Å². The monoisotopic (exact) mass is 355 g/mol. The fourth-order valence-corrected chi connectivity index (χ4v) is 2.48. The van der Waals surface area contributed by atoms with Gasteiger partial charge in [-0.15, -0.1) is 0 Å². The van der Waals surface area contributed by atoms with E-state index in [1.54, 1.807) is 27.4 Å². The fourth-order valence-electron chi connectivity index (χ4n) is 2.48. The van der Waals surface area contributed by atoms with Crippen LogP contribution in [0.25, 0.3) is 6.08 Å². The van der Waals surface area contributed by atoms with Crippen molar-refractivity contribution < 1.29 is 19.0 Å². The van der Waals surface area contributed by atoms with Crippen LogP contribution in [0.15, 0.2) is 48.5 Å². The van der Waals surface area contributed by atoms with Gasteiger partial charge in [0.05, 0.1) is 21.3 Å². The molecule has 0 saturated heterocycles. The van der Waals surface area contributed by atoms with E-state index in [-0.39, 0.29) is 5.91 Å². The lowest BCUT2D eigenvalue weighted by Crippen LogP contribution is -2.22. The molecule has 0 unspecified atom stereocenters. The van der Waals surface area contributed by atoms with Gasteiger partial charge in [-0.2, -0.15) is 0 Å². The molecular weight excluding hydrogens is 330 g/mol. The summed E-state index contributed by atoms with van der Waals surface area (Å²) < 4.78 is 15.6. The summed E-state index contributed by atoms with van der Waals surface area (Å²) in [5.74, 6) is 2.03. The molecule has 26 heavy (non-hydrogen) atoms. The highest BCUT2D eigenvalue weighted by atomic mass is 16.5. The summed E-state index contributed by atoms with van der Waals surface area (Å²) in [5, 5.41) is 2.89. The molecule has 5 heteroatoms. The molecule has 0 spiro atoms. The molecule has 1 N–H and O–H groups in total. The second-order valence-corrected chi connectivity index (χ2v) is 5.69. The standard InChI is InChI=1S/C21H25NO4/c1-24-18-10-6-16(7-11-18)5-4-14-22-21(23)13-9-17-8-12-19(25-2)20(15-17)26-3/h6-13,15H,4-5,14H2,1-3H3,(H,22,23)/b13-9+. The second kappa shape index (κ2) is 10.1. The minimum absolute atomic E-state index is 0.116. The van der Waals surface area contributed by atoms with E-state index in [1.165, 1.54) is 11.6 Å². The molecule has 0 saturated carbocycles. The van der Waals surface area contributed by atoms with Crippen LogP contribution >= 0.6 is 0 Å². The Bertz CT molecular complexity index is 738. The predicted octanol–water partition coefficient (Wildman–Crippen LogP) is 3.47. The van der Waals surface area contributed by atoms with Gasteiger partial charge in [0, 0.05) is 12.6 Å². The fraction of sp³-hybridized carbons (Fsp3) is 0.286. The molecule has 2 aromatic carbocycles. The number of benzene rings is 2. The van der Waals surface area contributed by atoms with Gasteiger partial charge in [0.15, 0.2) is 11.5 Å². The zero-order chi connectivity index (χ0) is 18.8. The Morgan fingerprint density at radius 3 is 2.35 bits per heavy atom. The van der Waals surface area contributed by atoms with Gasteiger partial charge in [-0.05, 0) is 54.3 Å². The Hall–Kier alpha value is -2.95. The highest BCUT2D eigenvalue weighted by Crippen LogP contribution is 2.27. The molecule has 5 nitrogen and oxygen atoms in total. The van der Waals surface area contributed by atoms with Crippen molar-refractivity contribution in [2.24, 2.45) is 0 Å². The number of hydrogen-bond acceptors (Lipinski definition) is 4. The average Bonchev–Trinajstić information content (AvgIpc) is 2.69. The first kappa shape index (κ1) is 19.4. The van der Waals surface area contributed by atoms with E-state index in [9.17, 15) is 4.79 Å². The Labute approximate surface area is 154 Å². The average molecular weight is 355 g/mol. The van der Waals surface area contributed by atoms with Gasteiger partial charge in [0.2, 0.25) is 5.91 Å². The molecular formula is C21H25NO4. The molecule has 0 aromatic heterocycles. The third-order valence-corrected chi connectivity index (χ3v) is 3.94. The van der Waals surface area contributed by atoms with Crippen molar-refractivity contribution >= 4 is 12.0 Å². The first-order chi connectivity index (χ1) is 12.7. The van der Waals surface area contributed by atoms with Gasteiger partial charge >= 0.3 is 0 Å². The smallest absolute Gasteiger partial charge is 0.243 e. The SMILES string of the molecule is COc1ccc(CCCNC(=O)/C=C/c2ccc(OC)c(OC)c2)cc1. The van der Waals surface area contributed by atoms with Crippen LogP contribution in [-0.4, -0.2) is 33.8 Å². The summed E-state index contributed by atoms with van der Waals surface area (Å²) in [6, 6.07) is 13.5. The van der Waals surface area contributed by atoms with Gasteiger partial charge in [0.25, 0.3) is 0 Å². The Kier molecular flexibility index (Phi) is 7.55. The summed E-state index contributed by atoms with van der Waals surface area (Å²) >= 11 is 0. The Balaban J connectivity index is 1.76. The largest absolute Gasteiger partial charge is 0.497 e. The number of nitrogens with one attached hydrogen (secondary N) is 1. The predicted molar refractivity (Wildman–Crippen MR) is 103 cm³/mol. The third-order valence-electron chi connectivity index (χ3n) is 3.94. The second-order valence-electron chi connectivity index (χ2n) is 5.69. The van der Waals surface area contributed by atoms with Crippen LogP contribution < -0.4 is 19.5 Å². The summed E-state index contributed by atoms with van der Waals surface area (Å²) in [7, 11) is 4.83. The molecule has 0 aliphatic rings. The molecule has 0 atom stereocenters. The first-order valence-electron chi connectivity index (χ1n) is 8.47. The van der Waals surface area contributed by atoms with Crippen LogP contribution in [0.2, 0.25) is 0 Å². The van der Waals surface area contributed by atoms with Crippen LogP contribution in [0.1, 0.15) is 17.5 Å². The molecule has 0 bridgehead atoms. The Morgan fingerprint density at radius 2 is 1.69 bits per heavy atom. The van der Waals surface area contributed by atoms with E-state index in [2.05, 4.69) is 5.32 Å². The third kappa shape index (κ3) is 5.84. The molecule has 0 aliphatic carbocycles. The van der Waals surface area contributed by atoms with Gasteiger partial charge in [-0.25, -0.2) is 0 Å². The van der Waals surface area contributed by atoms with E-state index >= 15 is 0 Å². The first-order valence-corrected chi connectivity index (χ1v) is 8.47. The van der Waals surface area contributed by atoms with E-state index in [4.69, 9.17) is 14.2 Å². The number of methoxy groups -OCH3 is 3. The molecule has 138 valence electrons. The normalized spacial score (nSPS) is 10.6. The molecule has 0 fully saturated rings. The van der Waals surface area contributed by atoms with Crippen molar-refractivity contribution in [1.82, 2.24) is 5.32 Å². The lowest BCUT2D eigenvalue weighted by Gasteiger charge is -2.07. The highest BCUT2D eigenvalue weighted by Gasteiger charge is 2.03. The Morgan fingerprint density at radius 1 is 0.962 bits per heavy atom. The molecule has 0 heterocycles. The van der Waals surface area contributed by atoms with Crippen molar-refractivity contribution in [3.8, 4) is 17.2 Å². The summed E-state index contributed by atoms with van der Waals surface area (Å²) in [5.41, 5.74) is 2.09. The van der Waals surface area contributed by atoms with Crippen LogP contribution in [0.4, 0.5) is 0 Å². The number of carbonyl (C=O) groups is 1. The van der Waals surface area contributed by atoms with E-state index in [1.807, 2.05) is 42.5 Å². The molecule has 2 aromatic rings. The van der Waals surface area contributed by atoms with Crippen molar-refractivity contribution in [3.63, 3.8) is 0 Å². The molecule has 2 rings (SSSR count). The number of aryl methyl sites for hydroxylation is 1. The maximum atomic E-state index is 11.9. The highest BCUT2D eigenvalue weighted by molar-refractivity contribution is 5.91. The van der Waals surface area contributed by atoms with Crippen LogP contribution in [0, 0.1) is 0 Å². The summed E-state index contributed by atoms with van der Waals surface area (Å²) in [6.45, 7) is 0.626. The summed E-state index contributed by atoms with van der Waals surface area (Å²) in [6.07, 6.45) is 5.06. The molecule has 1 amide bonds. The maximum absolute atomic E-state index is 11.9. The minimum Gasteiger partial charge on any atom is -0.497 e. The van der Waals surface area contributed by atoms with Gasteiger partial charge in [-0.1, -0.05) is 18.2 Å². The topological polar surface area (TPSA) is 56.8 Å². The summed E-state index contributed by atoms with van der Waals surface area (Å²) in [4.78, 5) is 11.9. The molecule has 0 radical (unpaired) electrons. The number of carbonyl (C=O) groups excluding carboxylic acids is 1. The maximum Gasteiger partial charge on any atom is 0.243 e. The van der Waals surface area contributed by atoms with E-state index in [0.717, 1.165) is 24.2 Å². The van der Waals surface area contributed by atoms with E-state index < -0.39 is 0 Å². The van der Waals surface area contributed by atoms with Crippen LogP contribution in [-0.2, 0) is 11.2 Å². The lowest BCUT2D eigenvalue weighted by atomic mass is 10.1. The number of rotatable bonds is 9. The van der Waals surface area contributed by atoms with Gasteiger partial charge < -0.3 is 19.5 Å². The van der Waals surface area contributed by atoms with Crippen molar-refractivity contribution in [2.45, 2.75) is 12.8 Å². The lowest BCUT2D eigenvalue weighted by molar-refractivity contribution is -0.116. The number of hydrogen-bond donors (Lipinski definition) is 1. The quantitative estimate of drug-likeness (QED) is 0.553. The van der Waals surface area contributed by atoms with Crippen molar-refractivity contribution in [3.05, 3.63) is 59.7 Å². The van der Waals surface area contributed by atoms with Gasteiger partial charge in [0.1, 0.15) is 5.75 Å². The van der Waals surface area contributed by atoms with Crippen LogP contribution in [0.5, 0.6) is 17.2 Å². The zero-order valence-electron chi connectivity index (χ0n) is 15.5. The zero-order valence-corrected chi connectivity index (χ0v) is 15.5.